The highest BCUT2D eigenvalue weighted by atomic mass is 16.5. The second kappa shape index (κ2) is 2.76. The van der Waals surface area contributed by atoms with Gasteiger partial charge < -0.3 is 10.1 Å². The first kappa shape index (κ1) is 8.10. The molecular formula is C10H11NO2. The van der Waals surface area contributed by atoms with Gasteiger partial charge in [-0.2, -0.15) is 0 Å². The third-order valence-electron chi connectivity index (χ3n) is 2.38. The van der Waals surface area contributed by atoms with Crippen LogP contribution >= 0.6 is 0 Å². The minimum absolute atomic E-state index is 0.0586. The van der Waals surface area contributed by atoms with Crippen LogP contribution < -0.4 is 10.1 Å². The predicted octanol–water partition coefficient (Wildman–Crippen LogP) is 1.75. The van der Waals surface area contributed by atoms with Gasteiger partial charge in [0, 0.05) is 5.69 Å². The fraction of sp³-hybridized carbons (Fsp3) is 0.300. The van der Waals surface area contributed by atoms with Crippen LogP contribution in [-0.2, 0) is 4.79 Å². The van der Waals surface area contributed by atoms with Crippen molar-refractivity contribution in [2.24, 2.45) is 0 Å². The minimum Gasteiger partial charge on any atom is -0.497 e. The molecular weight excluding hydrogens is 166 g/mol. The Morgan fingerprint density at radius 2 is 2.23 bits per heavy atom. The van der Waals surface area contributed by atoms with Crippen molar-refractivity contribution >= 4 is 11.6 Å². The number of amides is 1. The summed E-state index contributed by atoms with van der Waals surface area (Å²) in [5.41, 5.74) is 1.92. The standard InChI is InChI=1S/C10H11NO2/c1-6-8-5-7(13-2)3-4-9(8)11-10(6)12/h3-6H,1-2H3,(H,11,12). The van der Waals surface area contributed by atoms with E-state index in [4.69, 9.17) is 4.74 Å². The molecule has 0 spiro atoms. The zero-order valence-electron chi connectivity index (χ0n) is 7.63. The van der Waals surface area contributed by atoms with Gasteiger partial charge in [0.1, 0.15) is 5.75 Å². The van der Waals surface area contributed by atoms with Gasteiger partial charge in [0.2, 0.25) is 5.91 Å². The number of rotatable bonds is 1. The minimum atomic E-state index is -0.0647. The van der Waals surface area contributed by atoms with E-state index >= 15 is 0 Å². The smallest absolute Gasteiger partial charge is 0.231 e. The van der Waals surface area contributed by atoms with E-state index in [1.54, 1.807) is 7.11 Å². The van der Waals surface area contributed by atoms with Crippen LogP contribution in [0.3, 0.4) is 0 Å². The summed E-state index contributed by atoms with van der Waals surface area (Å²) in [6, 6.07) is 5.62. The number of carbonyl (C=O) groups is 1. The van der Waals surface area contributed by atoms with E-state index in [1.165, 1.54) is 0 Å². The van der Waals surface area contributed by atoms with Gasteiger partial charge in [-0.3, -0.25) is 4.79 Å². The van der Waals surface area contributed by atoms with Crippen molar-refractivity contribution in [1.82, 2.24) is 0 Å². The van der Waals surface area contributed by atoms with Crippen LogP contribution in [0.2, 0.25) is 0 Å². The number of hydrogen-bond donors (Lipinski definition) is 1. The summed E-state index contributed by atoms with van der Waals surface area (Å²) in [6.07, 6.45) is 0. The van der Waals surface area contributed by atoms with E-state index in [-0.39, 0.29) is 11.8 Å². The summed E-state index contributed by atoms with van der Waals surface area (Å²) in [4.78, 5) is 11.3. The highest BCUT2D eigenvalue weighted by Gasteiger charge is 2.26. The number of fused-ring (bicyclic) bond motifs is 1. The lowest BCUT2D eigenvalue weighted by Crippen LogP contribution is -2.08. The largest absolute Gasteiger partial charge is 0.497 e. The maximum atomic E-state index is 11.3. The highest BCUT2D eigenvalue weighted by Crippen LogP contribution is 2.34. The second-order valence-corrected chi connectivity index (χ2v) is 3.16. The number of nitrogens with one attached hydrogen (secondary N) is 1. The van der Waals surface area contributed by atoms with E-state index in [1.807, 2.05) is 25.1 Å². The fourth-order valence-electron chi connectivity index (χ4n) is 1.52. The first-order chi connectivity index (χ1) is 6.22. The zero-order chi connectivity index (χ0) is 9.42. The van der Waals surface area contributed by atoms with Crippen molar-refractivity contribution in [2.45, 2.75) is 12.8 Å². The zero-order valence-corrected chi connectivity index (χ0v) is 7.63. The first-order valence-electron chi connectivity index (χ1n) is 4.21. The lowest BCUT2D eigenvalue weighted by atomic mass is 10.0. The lowest BCUT2D eigenvalue weighted by molar-refractivity contribution is -0.116. The molecule has 1 N–H and O–H groups in total. The molecule has 0 saturated heterocycles. The maximum Gasteiger partial charge on any atom is 0.231 e. The quantitative estimate of drug-likeness (QED) is 0.709. The second-order valence-electron chi connectivity index (χ2n) is 3.16. The molecule has 1 aromatic carbocycles. The SMILES string of the molecule is COc1ccc2c(c1)C(C)C(=O)N2. The van der Waals surface area contributed by atoms with E-state index in [0.29, 0.717) is 0 Å². The molecule has 0 aromatic heterocycles. The van der Waals surface area contributed by atoms with Crippen LogP contribution in [0.25, 0.3) is 0 Å². The molecule has 2 rings (SSSR count). The Balaban J connectivity index is 2.47. The summed E-state index contributed by atoms with van der Waals surface area (Å²) < 4.78 is 5.08. The third-order valence-corrected chi connectivity index (χ3v) is 2.38. The van der Waals surface area contributed by atoms with E-state index in [2.05, 4.69) is 5.32 Å². The fourth-order valence-corrected chi connectivity index (χ4v) is 1.52. The van der Waals surface area contributed by atoms with Gasteiger partial charge in [0.15, 0.2) is 0 Å². The Morgan fingerprint density at radius 3 is 2.92 bits per heavy atom. The molecule has 13 heavy (non-hydrogen) atoms. The van der Waals surface area contributed by atoms with Crippen molar-refractivity contribution in [3.05, 3.63) is 23.8 Å². The third kappa shape index (κ3) is 1.16. The maximum absolute atomic E-state index is 11.3. The molecule has 3 heteroatoms. The lowest BCUT2D eigenvalue weighted by Gasteiger charge is -2.03. The summed E-state index contributed by atoms with van der Waals surface area (Å²) in [5, 5.41) is 2.80. The van der Waals surface area contributed by atoms with Crippen LogP contribution in [0.1, 0.15) is 18.4 Å². The molecule has 3 nitrogen and oxygen atoms in total. The van der Waals surface area contributed by atoms with Crippen molar-refractivity contribution in [3.63, 3.8) is 0 Å². The number of carbonyl (C=O) groups excluding carboxylic acids is 1. The Hall–Kier alpha value is -1.51. The molecule has 1 atom stereocenters. The summed E-state index contributed by atoms with van der Waals surface area (Å²) in [5.74, 6) is 0.787. The Bertz CT molecular complexity index is 360. The van der Waals surface area contributed by atoms with Crippen LogP contribution in [0.15, 0.2) is 18.2 Å². The van der Waals surface area contributed by atoms with E-state index in [9.17, 15) is 4.79 Å². The van der Waals surface area contributed by atoms with Crippen LogP contribution in [0.5, 0.6) is 5.75 Å². The van der Waals surface area contributed by atoms with Crippen molar-refractivity contribution in [3.8, 4) is 5.75 Å². The van der Waals surface area contributed by atoms with Crippen LogP contribution in [0.4, 0.5) is 5.69 Å². The molecule has 1 aromatic rings. The monoisotopic (exact) mass is 177 g/mol. The Morgan fingerprint density at radius 1 is 1.46 bits per heavy atom. The molecule has 0 saturated carbocycles. The topological polar surface area (TPSA) is 38.3 Å². The van der Waals surface area contributed by atoms with Gasteiger partial charge in [-0.25, -0.2) is 0 Å². The molecule has 1 aliphatic heterocycles. The number of benzene rings is 1. The molecule has 1 amide bonds. The molecule has 1 heterocycles. The Kier molecular flexibility index (Phi) is 1.72. The normalized spacial score (nSPS) is 19.5. The molecule has 0 fully saturated rings. The Labute approximate surface area is 76.7 Å². The van der Waals surface area contributed by atoms with Crippen molar-refractivity contribution < 1.29 is 9.53 Å². The number of hydrogen-bond acceptors (Lipinski definition) is 2. The van der Waals surface area contributed by atoms with E-state index in [0.717, 1.165) is 17.0 Å². The van der Waals surface area contributed by atoms with E-state index < -0.39 is 0 Å². The molecule has 1 aliphatic rings. The first-order valence-corrected chi connectivity index (χ1v) is 4.21. The summed E-state index contributed by atoms with van der Waals surface area (Å²) >= 11 is 0. The van der Waals surface area contributed by atoms with Gasteiger partial charge in [0.25, 0.3) is 0 Å². The summed E-state index contributed by atoms with van der Waals surface area (Å²) in [6.45, 7) is 1.89. The predicted molar refractivity (Wildman–Crippen MR) is 50.0 cm³/mol. The van der Waals surface area contributed by atoms with Gasteiger partial charge in [0.05, 0.1) is 13.0 Å². The van der Waals surface area contributed by atoms with Gasteiger partial charge in [-0.1, -0.05) is 0 Å². The molecule has 0 bridgehead atoms. The van der Waals surface area contributed by atoms with Gasteiger partial charge in [-0.05, 0) is 30.7 Å². The van der Waals surface area contributed by atoms with Gasteiger partial charge in [-0.15, -0.1) is 0 Å². The number of methoxy groups -OCH3 is 1. The number of anilines is 1. The van der Waals surface area contributed by atoms with Crippen molar-refractivity contribution in [2.75, 3.05) is 12.4 Å². The highest BCUT2D eigenvalue weighted by molar-refractivity contribution is 6.02. The molecule has 0 radical (unpaired) electrons. The molecule has 0 aliphatic carbocycles. The number of ether oxygens (including phenoxy) is 1. The summed E-state index contributed by atoms with van der Waals surface area (Å²) in [7, 11) is 1.62. The van der Waals surface area contributed by atoms with Crippen LogP contribution in [-0.4, -0.2) is 13.0 Å². The van der Waals surface area contributed by atoms with Gasteiger partial charge >= 0.3 is 0 Å². The average Bonchev–Trinajstić information content (AvgIpc) is 2.43. The molecule has 1 unspecified atom stereocenters. The molecule has 68 valence electrons. The van der Waals surface area contributed by atoms with Crippen LogP contribution in [0, 0.1) is 0 Å². The average molecular weight is 177 g/mol. The van der Waals surface area contributed by atoms with Crippen molar-refractivity contribution in [1.29, 1.82) is 0 Å².